The maximum atomic E-state index is 13.7. The van der Waals surface area contributed by atoms with Gasteiger partial charge in [0.25, 0.3) is 5.91 Å². The maximum Gasteiger partial charge on any atom is 0.254 e. The molecule has 1 unspecified atom stereocenters. The van der Waals surface area contributed by atoms with Gasteiger partial charge in [0.05, 0.1) is 12.0 Å². The minimum Gasteiger partial charge on any atom is -0.491 e. The van der Waals surface area contributed by atoms with E-state index in [2.05, 4.69) is 12.1 Å². The summed E-state index contributed by atoms with van der Waals surface area (Å²) in [4.78, 5) is 30.7. The highest BCUT2D eigenvalue weighted by atomic mass is 16.5. The van der Waals surface area contributed by atoms with Crippen molar-refractivity contribution in [2.45, 2.75) is 45.4 Å². The molecule has 2 aromatic rings. The molecule has 5 heteroatoms. The van der Waals surface area contributed by atoms with Gasteiger partial charge in [0, 0.05) is 25.7 Å². The molecule has 2 aliphatic heterocycles. The number of para-hydroxylation sites is 1. The SMILES string of the molecule is Cc1ccccc1C(=O)N1CCCC2(CCCCc3ccccc3OCCN(C)C2=O)C1. The van der Waals surface area contributed by atoms with Crippen molar-refractivity contribution >= 4 is 11.8 Å². The topological polar surface area (TPSA) is 49.9 Å². The fraction of sp³-hybridized carbons (Fsp3) is 0.481. The van der Waals surface area contributed by atoms with Gasteiger partial charge in [-0.25, -0.2) is 0 Å². The Hall–Kier alpha value is -2.82. The second-order valence-electron chi connectivity index (χ2n) is 9.32. The first-order chi connectivity index (χ1) is 15.5. The van der Waals surface area contributed by atoms with Crippen LogP contribution in [-0.2, 0) is 11.2 Å². The predicted molar refractivity (Wildman–Crippen MR) is 126 cm³/mol. The summed E-state index contributed by atoms with van der Waals surface area (Å²) in [6.07, 6.45) is 5.42. The summed E-state index contributed by atoms with van der Waals surface area (Å²) in [6.45, 7) is 4.20. The van der Waals surface area contributed by atoms with Crippen LogP contribution in [0, 0.1) is 12.3 Å². The summed E-state index contributed by atoms with van der Waals surface area (Å²) in [5, 5.41) is 0. The lowest BCUT2D eigenvalue weighted by molar-refractivity contribution is -0.144. The third kappa shape index (κ3) is 4.67. The summed E-state index contributed by atoms with van der Waals surface area (Å²) >= 11 is 0. The number of amides is 2. The third-order valence-corrected chi connectivity index (χ3v) is 7.05. The number of rotatable bonds is 1. The van der Waals surface area contributed by atoms with Crippen LogP contribution >= 0.6 is 0 Å². The molecule has 0 aromatic heterocycles. The summed E-state index contributed by atoms with van der Waals surface area (Å²) in [5.74, 6) is 1.12. The molecule has 1 spiro atoms. The van der Waals surface area contributed by atoms with E-state index in [4.69, 9.17) is 4.74 Å². The van der Waals surface area contributed by atoms with Crippen molar-refractivity contribution in [1.82, 2.24) is 9.80 Å². The minimum absolute atomic E-state index is 0.0426. The molecule has 0 aliphatic carbocycles. The molecule has 1 fully saturated rings. The van der Waals surface area contributed by atoms with Gasteiger partial charge in [0.1, 0.15) is 12.4 Å². The van der Waals surface area contributed by atoms with Crippen LogP contribution in [0.25, 0.3) is 0 Å². The van der Waals surface area contributed by atoms with Gasteiger partial charge in [-0.05, 0) is 62.3 Å². The molecule has 2 heterocycles. The van der Waals surface area contributed by atoms with Crippen LogP contribution in [0.3, 0.4) is 0 Å². The predicted octanol–water partition coefficient (Wildman–Crippen LogP) is 4.48. The quantitative estimate of drug-likeness (QED) is 0.665. The molecule has 0 N–H and O–H groups in total. The Balaban J connectivity index is 1.55. The van der Waals surface area contributed by atoms with E-state index in [1.165, 1.54) is 5.56 Å². The van der Waals surface area contributed by atoms with Gasteiger partial charge in [-0.3, -0.25) is 9.59 Å². The highest BCUT2D eigenvalue weighted by molar-refractivity contribution is 5.96. The van der Waals surface area contributed by atoms with Crippen LogP contribution in [0.1, 0.15) is 53.6 Å². The number of carbonyl (C=O) groups is 2. The Morgan fingerprint density at radius 3 is 2.56 bits per heavy atom. The van der Waals surface area contributed by atoms with Crippen molar-refractivity contribution < 1.29 is 14.3 Å². The molecule has 5 nitrogen and oxygen atoms in total. The molecule has 2 aliphatic rings. The van der Waals surface area contributed by atoms with Gasteiger partial charge in [0.2, 0.25) is 5.91 Å². The van der Waals surface area contributed by atoms with Gasteiger partial charge < -0.3 is 14.5 Å². The van der Waals surface area contributed by atoms with E-state index in [1.54, 1.807) is 0 Å². The lowest BCUT2D eigenvalue weighted by Gasteiger charge is -2.44. The smallest absolute Gasteiger partial charge is 0.254 e. The van der Waals surface area contributed by atoms with Crippen LogP contribution in [0.2, 0.25) is 0 Å². The summed E-state index contributed by atoms with van der Waals surface area (Å²) in [6, 6.07) is 15.9. The first-order valence-corrected chi connectivity index (χ1v) is 11.8. The van der Waals surface area contributed by atoms with Crippen LogP contribution in [-0.4, -0.2) is 54.9 Å². The van der Waals surface area contributed by atoms with E-state index in [9.17, 15) is 9.59 Å². The largest absolute Gasteiger partial charge is 0.491 e. The zero-order valence-corrected chi connectivity index (χ0v) is 19.3. The maximum absolute atomic E-state index is 13.7. The first-order valence-electron chi connectivity index (χ1n) is 11.8. The van der Waals surface area contributed by atoms with Gasteiger partial charge in [-0.15, -0.1) is 0 Å². The third-order valence-electron chi connectivity index (χ3n) is 7.05. The van der Waals surface area contributed by atoms with Crippen molar-refractivity contribution in [1.29, 1.82) is 0 Å². The second kappa shape index (κ2) is 9.76. The number of benzene rings is 2. The first kappa shape index (κ1) is 22.4. The average molecular weight is 435 g/mol. The van der Waals surface area contributed by atoms with Crippen molar-refractivity contribution in [3.05, 3.63) is 65.2 Å². The Morgan fingerprint density at radius 1 is 0.969 bits per heavy atom. The van der Waals surface area contributed by atoms with Crippen LogP contribution in [0.15, 0.2) is 48.5 Å². The van der Waals surface area contributed by atoms with Gasteiger partial charge in [-0.2, -0.15) is 0 Å². The molecular formula is C27H34N2O3. The molecule has 170 valence electrons. The number of likely N-dealkylation sites (N-methyl/N-ethyl adjacent to an activating group) is 1. The number of fused-ring (bicyclic) bond motifs is 1. The average Bonchev–Trinajstić information content (AvgIpc) is 2.81. The van der Waals surface area contributed by atoms with E-state index in [1.807, 2.05) is 60.2 Å². The van der Waals surface area contributed by atoms with Crippen LogP contribution in [0.4, 0.5) is 0 Å². The molecule has 2 aromatic carbocycles. The highest BCUT2D eigenvalue weighted by Gasteiger charge is 2.44. The molecule has 0 radical (unpaired) electrons. The summed E-state index contributed by atoms with van der Waals surface area (Å²) in [5.41, 5.74) is 2.44. The Morgan fingerprint density at radius 2 is 1.72 bits per heavy atom. The lowest BCUT2D eigenvalue weighted by atomic mass is 9.74. The van der Waals surface area contributed by atoms with E-state index in [-0.39, 0.29) is 11.8 Å². The number of likely N-dealkylation sites (tertiary alicyclic amines) is 1. The molecule has 0 bridgehead atoms. The summed E-state index contributed by atoms with van der Waals surface area (Å²) in [7, 11) is 1.87. The van der Waals surface area contributed by atoms with E-state index in [0.717, 1.165) is 55.4 Å². The zero-order chi connectivity index (χ0) is 22.6. The van der Waals surface area contributed by atoms with E-state index < -0.39 is 5.41 Å². The molecule has 1 saturated heterocycles. The van der Waals surface area contributed by atoms with Crippen LogP contribution < -0.4 is 4.74 Å². The highest BCUT2D eigenvalue weighted by Crippen LogP contribution is 2.38. The number of hydrogen-bond donors (Lipinski definition) is 0. The molecule has 32 heavy (non-hydrogen) atoms. The number of carbonyl (C=O) groups excluding carboxylic acids is 2. The monoisotopic (exact) mass is 434 g/mol. The molecule has 0 saturated carbocycles. The number of nitrogens with zero attached hydrogens (tertiary/aromatic N) is 2. The fourth-order valence-corrected chi connectivity index (χ4v) is 5.20. The standard InChI is InChI=1S/C27H34N2O3/c1-21-10-3-5-13-23(21)25(30)29-17-9-16-27(20-29)15-8-7-12-22-11-4-6-14-24(22)32-19-18-28(2)26(27)31/h3-6,10-11,13-14H,7-9,12,15-20H2,1-2H3. The van der Waals surface area contributed by atoms with E-state index >= 15 is 0 Å². The molecule has 4 rings (SSSR count). The number of piperidine rings is 1. The normalized spacial score (nSPS) is 22.5. The fourth-order valence-electron chi connectivity index (χ4n) is 5.20. The molecule has 1 atom stereocenters. The second-order valence-corrected chi connectivity index (χ2v) is 9.32. The minimum atomic E-state index is -0.510. The molecular weight excluding hydrogens is 400 g/mol. The van der Waals surface area contributed by atoms with Crippen molar-refractivity contribution in [2.75, 3.05) is 33.3 Å². The lowest BCUT2D eigenvalue weighted by Crippen LogP contribution is -2.54. The Bertz CT molecular complexity index is 973. The number of ether oxygens (including phenoxy) is 1. The van der Waals surface area contributed by atoms with Gasteiger partial charge in [-0.1, -0.05) is 42.8 Å². The number of hydrogen-bond acceptors (Lipinski definition) is 3. The van der Waals surface area contributed by atoms with Gasteiger partial charge >= 0.3 is 0 Å². The van der Waals surface area contributed by atoms with Crippen LogP contribution in [0.5, 0.6) is 5.75 Å². The molecule has 2 amide bonds. The van der Waals surface area contributed by atoms with Crippen molar-refractivity contribution in [2.24, 2.45) is 5.41 Å². The van der Waals surface area contributed by atoms with E-state index in [0.29, 0.717) is 26.2 Å². The summed E-state index contributed by atoms with van der Waals surface area (Å²) < 4.78 is 6.03. The zero-order valence-electron chi connectivity index (χ0n) is 19.3. The van der Waals surface area contributed by atoms with Crippen molar-refractivity contribution in [3.8, 4) is 5.75 Å². The Kier molecular flexibility index (Phi) is 6.83. The number of aryl methyl sites for hydroxylation is 2. The Labute approximate surface area is 191 Å². The van der Waals surface area contributed by atoms with Crippen molar-refractivity contribution in [3.63, 3.8) is 0 Å². The van der Waals surface area contributed by atoms with Gasteiger partial charge in [0.15, 0.2) is 0 Å².